The smallest absolute Gasteiger partial charge is 0.270 e. The highest BCUT2D eigenvalue weighted by atomic mass is 35.5. The Morgan fingerprint density at radius 3 is 2.68 bits per heavy atom. The highest BCUT2D eigenvalue weighted by Gasteiger charge is 2.18. The molecule has 0 atom stereocenters. The summed E-state index contributed by atoms with van der Waals surface area (Å²) in [7, 11) is 1.62. The molecule has 4 rings (SSSR count). The maximum absolute atomic E-state index is 13.0. The molecular formula is C23H25ClN4O3. The fraction of sp³-hybridized carbons (Fsp3) is 0.304. The minimum atomic E-state index is -0.176. The number of hydrogen-bond acceptors (Lipinski definition) is 5. The largest absolute Gasteiger partial charge is 0.497 e. The van der Waals surface area contributed by atoms with Crippen LogP contribution in [-0.2, 0) is 4.74 Å². The van der Waals surface area contributed by atoms with Gasteiger partial charge in [0.15, 0.2) is 0 Å². The number of aromatic nitrogens is 2. The SMILES string of the molecule is COc1cccc(-c2cc(C(=O)NCCN3CCOCC3)n(-c3ccc(Cl)cc3)n2)c1. The Morgan fingerprint density at radius 1 is 1.16 bits per heavy atom. The molecule has 1 saturated heterocycles. The third-order valence-corrected chi connectivity index (χ3v) is 5.45. The fourth-order valence-corrected chi connectivity index (χ4v) is 3.61. The van der Waals surface area contributed by atoms with E-state index in [0.29, 0.717) is 23.0 Å². The van der Waals surface area contributed by atoms with Gasteiger partial charge in [-0.25, -0.2) is 4.68 Å². The molecule has 0 spiro atoms. The van der Waals surface area contributed by atoms with Crippen LogP contribution < -0.4 is 10.1 Å². The Labute approximate surface area is 186 Å². The van der Waals surface area contributed by atoms with Gasteiger partial charge >= 0.3 is 0 Å². The molecule has 2 heterocycles. The fourth-order valence-electron chi connectivity index (χ4n) is 3.49. The van der Waals surface area contributed by atoms with E-state index in [2.05, 4.69) is 10.2 Å². The van der Waals surface area contributed by atoms with Crippen molar-refractivity contribution < 1.29 is 14.3 Å². The van der Waals surface area contributed by atoms with Gasteiger partial charge in [-0.05, 0) is 42.5 Å². The van der Waals surface area contributed by atoms with Gasteiger partial charge in [0.2, 0.25) is 0 Å². The maximum atomic E-state index is 13.0. The van der Waals surface area contributed by atoms with Crippen LogP contribution in [0.5, 0.6) is 5.75 Å². The van der Waals surface area contributed by atoms with Crippen molar-refractivity contribution in [3.8, 4) is 22.7 Å². The van der Waals surface area contributed by atoms with E-state index in [9.17, 15) is 4.79 Å². The van der Waals surface area contributed by atoms with Crippen LogP contribution in [-0.4, -0.2) is 67.1 Å². The molecule has 0 bridgehead atoms. The summed E-state index contributed by atoms with van der Waals surface area (Å²) in [5, 5.41) is 8.35. The van der Waals surface area contributed by atoms with E-state index >= 15 is 0 Å². The quantitative estimate of drug-likeness (QED) is 0.610. The van der Waals surface area contributed by atoms with Gasteiger partial charge in [-0.1, -0.05) is 23.7 Å². The summed E-state index contributed by atoms with van der Waals surface area (Å²) in [5.74, 6) is 0.555. The van der Waals surface area contributed by atoms with Crippen LogP contribution in [0.2, 0.25) is 5.02 Å². The summed E-state index contributed by atoms with van der Waals surface area (Å²) in [5.41, 5.74) is 2.78. The van der Waals surface area contributed by atoms with Crippen LogP contribution in [0.15, 0.2) is 54.6 Å². The third kappa shape index (κ3) is 5.25. The van der Waals surface area contributed by atoms with Crippen molar-refractivity contribution in [3.05, 3.63) is 65.3 Å². The van der Waals surface area contributed by atoms with Gasteiger partial charge < -0.3 is 14.8 Å². The van der Waals surface area contributed by atoms with Crippen LogP contribution in [0.25, 0.3) is 16.9 Å². The van der Waals surface area contributed by atoms with E-state index in [1.165, 1.54) is 0 Å². The van der Waals surface area contributed by atoms with Crippen molar-refractivity contribution >= 4 is 17.5 Å². The van der Waals surface area contributed by atoms with Crippen LogP contribution in [0, 0.1) is 0 Å². The molecule has 1 N–H and O–H groups in total. The second-order valence-corrected chi connectivity index (χ2v) is 7.68. The van der Waals surface area contributed by atoms with Gasteiger partial charge in [0.25, 0.3) is 5.91 Å². The molecule has 162 valence electrons. The van der Waals surface area contributed by atoms with E-state index in [0.717, 1.165) is 49.8 Å². The molecule has 8 heteroatoms. The van der Waals surface area contributed by atoms with E-state index in [-0.39, 0.29) is 5.91 Å². The average Bonchev–Trinajstić information content (AvgIpc) is 3.26. The van der Waals surface area contributed by atoms with Gasteiger partial charge in [0.05, 0.1) is 31.7 Å². The number of nitrogens with one attached hydrogen (secondary N) is 1. The average molecular weight is 441 g/mol. The van der Waals surface area contributed by atoms with E-state index in [1.807, 2.05) is 36.4 Å². The van der Waals surface area contributed by atoms with E-state index < -0.39 is 0 Å². The first-order valence-electron chi connectivity index (χ1n) is 10.2. The van der Waals surface area contributed by atoms with Crippen molar-refractivity contribution in [1.82, 2.24) is 20.0 Å². The summed E-state index contributed by atoms with van der Waals surface area (Å²) >= 11 is 6.04. The molecule has 0 aliphatic carbocycles. The van der Waals surface area contributed by atoms with E-state index in [4.69, 9.17) is 26.2 Å². The summed E-state index contributed by atoms with van der Waals surface area (Å²) in [6.07, 6.45) is 0. The molecule has 31 heavy (non-hydrogen) atoms. The molecule has 1 aliphatic rings. The zero-order valence-corrected chi connectivity index (χ0v) is 18.1. The zero-order valence-electron chi connectivity index (χ0n) is 17.4. The number of halogens is 1. The molecule has 1 fully saturated rings. The maximum Gasteiger partial charge on any atom is 0.270 e. The predicted molar refractivity (Wildman–Crippen MR) is 120 cm³/mol. The molecule has 1 amide bonds. The van der Waals surface area contributed by atoms with Gasteiger partial charge in [-0.3, -0.25) is 9.69 Å². The number of nitrogens with zero attached hydrogens (tertiary/aromatic N) is 3. The van der Waals surface area contributed by atoms with Crippen LogP contribution >= 0.6 is 11.6 Å². The monoisotopic (exact) mass is 440 g/mol. The van der Waals surface area contributed by atoms with Gasteiger partial charge in [0, 0.05) is 36.8 Å². The minimum Gasteiger partial charge on any atom is -0.497 e. The van der Waals surface area contributed by atoms with Crippen LogP contribution in [0.3, 0.4) is 0 Å². The predicted octanol–water partition coefficient (Wildman–Crippen LogP) is 3.26. The van der Waals surface area contributed by atoms with Crippen LogP contribution in [0.1, 0.15) is 10.5 Å². The molecule has 0 unspecified atom stereocenters. The van der Waals surface area contributed by atoms with Crippen molar-refractivity contribution in [2.24, 2.45) is 0 Å². The zero-order chi connectivity index (χ0) is 21.6. The number of ether oxygens (including phenoxy) is 2. The molecular weight excluding hydrogens is 416 g/mol. The van der Waals surface area contributed by atoms with Gasteiger partial charge in [-0.15, -0.1) is 0 Å². The minimum absolute atomic E-state index is 0.176. The van der Waals surface area contributed by atoms with Gasteiger partial charge in [0.1, 0.15) is 11.4 Å². The second-order valence-electron chi connectivity index (χ2n) is 7.24. The number of amides is 1. The lowest BCUT2D eigenvalue weighted by Gasteiger charge is -2.26. The lowest BCUT2D eigenvalue weighted by Crippen LogP contribution is -2.41. The molecule has 0 saturated carbocycles. The molecule has 1 aromatic heterocycles. The van der Waals surface area contributed by atoms with Crippen molar-refractivity contribution in [2.75, 3.05) is 46.5 Å². The summed E-state index contributed by atoms with van der Waals surface area (Å²) in [6.45, 7) is 4.59. The number of benzene rings is 2. The number of carbonyl (C=O) groups is 1. The molecule has 7 nitrogen and oxygen atoms in total. The highest BCUT2D eigenvalue weighted by molar-refractivity contribution is 6.30. The molecule has 3 aromatic rings. The first-order valence-corrected chi connectivity index (χ1v) is 10.6. The third-order valence-electron chi connectivity index (χ3n) is 5.20. The first-order chi connectivity index (χ1) is 15.1. The summed E-state index contributed by atoms with van der Waals surface area (Å²) in [4.78, 5) is 15.3. The number of rotatable bonds is 7. The lowest BCUT2D eigenvalue weighted by atomic mass is 10.1. The lowest BCUT2D eigenvalue weighted by molar-refractivity contribution is 0.0383. The Hall–Kier alpha value is -2.87. The molecule has 2 aromatic carbocycles. The van der Waals surface area contributed by atoms with Crippen molar-refractivity contribution in [1.29, 1.82) is 0 Å². The second kappa shape index (κ2) is 9.96. The summed E-state index contributed by atoms with van der Waals surface area (Å²) in [6, 6.07) is 16.7. The molecule has 1 aliphatic heterocycles. The standard InChI is InChI=1S/C23H25ClN4O3/c1-30-20-4-2-3-17(15-20)21-16-22(28(26-21)19-7-5-18(24)6-8-19)23(29)25-9-10-27-11-13-31-14-12-27/h2-8,15-16H,9-14H2,1H3,(H,25,29). The number of methoxy groups -OCH3 is 1. The summed E-state index contributed by atoms with van der Waals surface area (Å²) < 4.78 is 12.3. The topological polar surface area (TPSA) is 68.6 Å². The Balaban J connectivity index is 1.58. The number of morpholine rings is 1. The Bertz CT molecular complexity index is 1030. The van der Waals surface area contributed by atoms with Gasteiger partial charge in [-0.2, -0.15) is 5.10 Å². The van der Waals surface area contributed by atoms with Crippen molar-refractivity contribution in [2.45, 2.75) is 0 Å². The Kier molecular flexibility index (Phi) is 6.86. The van der Waals surface area contributed by atoms with E-state index in [1.54, 1.807) is 30.0 Å². The number of carbonyl (C=O) groups excluding carboxylic acids is 1. The molecule has 0 radical (unpaired) electrons. The highest BCUT2D eigenvalue weighted by Crippen LogP contribution is 2.25. The van der Waals surface area contributed by atoms with Crippen molar-refractivity contribution in [3.63, 3.8) is 0 Å². The normalized spacial score (nSPS) is 14.4. The van der Waals surface area contributed by atoms with Crippen LogP contribution in [0.4, 0.5) is 0 Å². The Morgan fingerprint density at radius 2 is 1.94 bits per heavy atom. The first kappa shape index (κ1) is 21.4. The number of hydrogen-bond donors (Lipinski definition) is 1.